The van der Waals surface area contributed by atoms with E-state index in [9.17, 15) is 9.59 Å². The lowest BCUT2D eigenvalue weighted by Gasteiger charge is -2.28. The number of anilines is 1. The van der Waals surface area contributed by atoms with Crippen LogP contribution in [0.1, 0.15) is 20.7 Å². The topological polar surface area (TPSA) is 71.5 Å². The second-order valence-corrected chi connectivity index (χ2v) is 5.49. The monoisotopic (exact) mass is 325 g/mol. The van der Waals surface area contributed by atoms with E-state index in [0.29, 0.717) is 11.1 Å². The quantitative estimate of drug-likeness (QED) is 0.844. The number of aromatic nitrogens is 1. The van der Waals surface area contributed by atoms with Gasteiger partial charge < -0.3 is 15.0 Å². The summed E-state index contributed by atoms with van der Waals surface area (Å²) in [5.41, 5.74) is 2.10. The van der Waals surface area contributed by atoms with Crippen molar-refractivity contribution in [1.82, 2.24) is 10.3 Å². The fraction of sp³-hybridized carbons (Fsp3) is 0.278. The molecule has 3 rings (SSSR count). The molecule has 0 atom stereocenters. The zero-order valence-corrected chi connectivity index (χ0v) is 13.3. The molecule has 0 spiro atoms. The maximum Gasteiger partial charge on any atom is 0.253 e. The summed E-state index contributed by atoms with van der Waals surface area (Å²) >= 11 is 0. The molecular weight excluding hydrogens is 306 g/mol. The van der Waals surface area contributed by atoms with Crippen molar-refractivity contribution in [3.05, 3.63) is 59.9 Å². The number of amides is 1. The first kappa shape index (κ1) is 16.1. The Labute approximate surface area is 140 Å². The van der Waals surface area contributed by atoms with Gasteiger partial charge in [0.2, 0.25) is 0 Å². The zero-order valence-electron chi connectivity index (χ0n) is 13.3. The highest BCUT2D eigenvalue weighted by atomic mass is 16.5. The molecule has 0 unspecified atom stereocenters. The van der Waals surface area contributed by atoms with Crippen LogP contribution in [0.15, 0.2) is 48.8 Å². The summed E-state index contributed by atoms with van der Waals surface area (Å²) in [4.78, 5) is 30.2. The molecule has 1 aliphatic rings. The third kappa shape index (κ3) is 3.97. The predicted molar refractivity (Wildman–Crippen MR) is 90.4 cm³/mol. The van der Waals surface area contributed by atoms with Crippen molar-refractivity contribution in [2.45, 2.75) is 0 Å². The van der Waals surface area contributed by atoms with Crippen LogP contribution < -0.4 is 10.2 Å². The molecule has 2 heterocycles. The number of carbonyl (C=O) groups is 2. The Bertz CT molecular complexity index is 695. The molecule has 2 aromatic rings. The number of rotatable bonds is 5. The number of carbonyl (C=O) groups excluding carboxylic acids is 2. The van der Waals surface area contributed by atoms with Gasteiger partial charge in [0, 0.05) is 36.7 Å². The van der Waals surface area contributed by atoms with Crippen LogP contribution in [0.25, 0.3) is 0 Å². The van der Waals surface area contributed by atoms with Crippen molar-refractivity contribution in [3.63, 3.8) is 0 Å². The lowest BCUT2D eigenvalue weighted by molar-refractivity contribution is 0.0904. The second-order valence-electron chi connectivity index (χ2n) is 5.49. The number of nitrogens with one attached hydrogen (secondary N) is 1. The van der Waals surface area contributed by atoms with E-state index in [0.717, 1.165) is 32.0 Å². The van der Waals surface area contributed by atoms with E-state index in [-0.39, 0.29) is 18.2 Å². The molecule has 0 aliphatic carbocycles. The number of Topliss-reactive ketones (excluding diaryl/α,β-unsaturated/α-hetero) is 1. The number of benzene rings is 1. The summed E-state index contributed by atoms with van der Waals surface area (Å²) in [6.45, 7) is 3.12. The largest absolute Gasteiger partial charge is 0.378 e. The number of nitrogens with zero attached hydrogens (tertiary/aromatic N) is 2. The van der Waals surface area contributed by atoms with E-state index >= 15 is 0 Å². The van der Waals surface area contributed by atoms with Gasteiger partial charge in [0.25, 0.3) is 5.91 Å². The van der Waals surface area contributed by atoms with Gasteiger partial charge in [-0.3, -0.25) is 14.6 Å². The molecule has 1 fully saturated rings. The first-order valence-electron chi connectivity index (χ1n) is 7.88. The number of hydrogen-bond acceptors (Lipinski definition) is 5. The predicted octanol–water partition coefficient (Wildman–Crippen LogP) is 1.53. The average molecular weight is 325 g/mol. The van der Waals surface area contributed by atoms with Crippen molar-refractivity contribution in [1.29, 1.82) is 0 Å². The number of ketones is 1. The Kier molecular flexibility index (Phi) is 5.18. The zero-order chi connectivity index (χ0) is 16.8. The Morgan fingerprint density at radius 1 is 1.08 bits per heavy atom. The minimum Gasteiger partial charge on any atom is -0.378 e. The van der Waals surface area contributed by atoms with Crippen LogP contribution in [-0.2, 0) is 4.74 Å². The molecular formula is C18H19N3O3. The summed E-state index contributed by atoms with van der Waals surface area (Å²) in [7, 11) is 0. The molecule has 1 N–H and O–H groups in total. The lowest BCUT2D eigenvalue weighted by atomic mass is 10.1. The number of morpholine rings is 1. The highest BCUT2D eigenvalue weighted by Gasteiger charge is 2.13. The van der Waals surface area contributed by atoms with E-state index in [1.54, 1.807) is 30.5 Å². The van der Waals surface area contributed by atoms with Gasteiger partial charge in [0.1, 0.15) is 0 Å². The maximum atomic E-state index is 12.2. The minimum atomic E-state index is -0.304. The molecule has 0 radical (unpaired) electrons. The molecule has 1 amide bonds. The molecule has 1 aromatic carbocycles. The highest BCUT2D eigenvalue weighted by molar-refractivity contribution is 6.02. The Morgan fingerprint density at radius 3 is 2.50 bits per heavy atom. The summed E-state index contributed by atoms with van der Waals surface area (Å²) in [6, 6.07) is 10.8. The van der Waals surface area contributed by atoms with Crippen LogP contribution in [0.5, 0.6) is 0 Å². The van der Waals surface area contributed by atoms with E-state index < -0.39 is 0 Å². The fourth-order valence-electron chi connectivity index (χ4n) is 2.54. The molecule has 0 bridgehead atoms. The third-order valence-electron chi connectivity index (χ3n) is 3.90. The van der Waals surface area contributed by atoms with Crippen LogP contribution in [0.3, 0.4) is 0 Å². The van der Waals surface area contributed by atoms with Gasteiger partial charge in [-0.25, -0.2) is 0 Å². The SMILES string of the molecule is O=C(CNC(=O)c1cccnc1)c1ccc(N2CCOCC2)cc1. The first-order valence-corrected chi connectivity index (χ1v) is 7.88. The van der Waals surface area contributed by atoms with E-state index in [1.807, 2.05) is 12.1 Å². The lowest BCUT2D eigenvalue weighted by Crippen LogP contribution is -2.36. The molecule has 1 aliphatic heterocycles. The van der Waals surface area contributed by atoms with Gasteiger partial charge >= 0.3 is 0 Å². The molecule has 24 heavy (non-hydrogen) atoms. The van der Waals surface area contributed by atoms with Gasteiger partial charge in [-0.1, -0.05) is 0 Å². The van der Waals surface area contributed by atoms with Crippen molar-refractivity contribution in [3.8, 4) is 0 Å². The summed E-state index contributed by atoms with van der Waals surface area (Å²) in [6.07, 6.45) is 3.06. The number of hydrogen-bond donors (Lipinski definition) is 1. The highest BCUT2D eigenvalue weighted by Crippen LogP contribution is 2.16. The van der Waals surface area contributed by atoms with E-state index in [4.69, 9.17) is 4.74 Å². The van der Waals surface area contributed by atoms with Crippen molar-refractivity contribution < 1.29 is 14.3 Å². The van der Waals surface area contributed by atoms with Crippen LogP contribution in [0.2, 0.25) is 0 Å². The van der Waals surface area contributed by atoms with Gasteiger partial charge in [-0.15, -0.1) is 0 Å². The number of pyridine rings is 1. The third-order valence-corrected chi connectivity index (χ3v) is 3.90. The first-order chi connectivity index (χ1) is 11.7. The Hall–Kier alpha value is -2.73. The van der Waals surface area contributed by atoms with E-state index in [2.05, 4.69) is 15.2 Å². The standard InChI is InChI=1S/C18H19N3O3/c22-17(13-20-18(23)15-2-1-7-19-12-15)14-3-5-16(6-4-14)21-8-10-24-11-9-21/h1-7,12H,8-11,13H2,(H,20,23). The normalized spacial score (nSPS) is 14.2. The van der Waals surface area contributed by atoms with Gasteiger partial charge in [0.15, 0.2) is 5.78 Å². The van der Waals surface area contributed by atoms with Crippen LogP contribution >= 0.6 is 0 Å². The van der Waals surface area contributed by atoms with Crippen molar-refractivity contribution in [2.24, 2.45) is 0 Å². The Balaban J connectivity index is 1.56. The second kappa shape index (κ2) is 7.70. The van der Waals surface area contributed by atoms with Gasteiger partial charge in [-0.2, -0.15) is 0 Å². The summed E-state index contributed by atoms with van der Waals surface area (Å²) < 4.78 is 5.33. The van der Waals surface area contributed by atoms with Crippen LogP contribution in [0.4, 0.5) is 5.69 Å². The Morgan fingerprint density at radius 2 is 1.83 bits per heavy atom. The van der Waals surface area contributed by atoms with Crippen LogP contribution in [-0.4, -0.2) is 49.5 Å². The van der Waals surface area contributed by atoms with Crippen LogP contribution in [0, 0.1) is 0 Å². The molecule has 1 saturated heterocycles. The maximum absolute atomic E-state index is 12.2. The molecule has 1 aromatic heterocycles. The van der Waals surface area contributed by atoms with Gasteiger partial charge in [-0.05, 0) is 36.4 Å². The minimum absolute atomic E-state index is 0.0371. The summed E-state index contributed by atoms with van der Waals surface area (Å²) in [5, 5.41) is 2.62. The fourth-order valence-corrected chi connectivity index (χ4v) is 2.54. The van der Waals surface area contributed by atoms with Crippen molar-refractivity contribution in [2.75, 3.05) is 37.7 Å². The van der Waals surface area contributed by atoms with Crippen molar-refractivity contribution >= 4 is 17.4 Å². The average Bonchev–Trinajstić information content (AvgIpc) is 2.67. The number of ether oxygens (including phenoxy) is 1. The summed E-state index contributed by atoms with van der Waals surface area (Å²) in [5.74, 6) is -0.429. The molecule has 6 nitrogen and oxygen atoms in total. The molecule has 0 saturated carbocycles. The smallest absolute Gasteiger partial charge is 0.253 e. The van der Waals surface area contributed by atoms with E-state index in [1.165, 1.54) is 6.20 Å². The molecule has 124 valence electrons. The van der Waals surface area contributed by atoms with Gasteiger partial charge in [0.05, 0.1) is 25.3 Å². The molecule has 6 heteroatoms.